The number of hydrogen-bond donors (Lipinski definition) is 4. The van der Waals surface area contributed by atoms with Crippen molar-refractivity contribution in [3.8, 4) is 0 Å². The lowest BCUT2D eigenvalue weighted by Gasteiger charge is -2.17. The summed E-state index contributed by atoms with van der Waals surface area (Å²) in [6.07, 6.45) is 1.51. The summed E-state index contributed by atoms with van der Waals surface area (Å²) >= 11 is 0. The van der Waals surface area contributed by atoms with E-state index < -0.39 is 0 Å². The molecule has 0 amide bonds. The summed E-state index contributed by atoms with van der Waals surface area (Å²) in [7, 11) is 0. The predicted molar refractivity (Wildman–Crippen MR) is 39.9 cm³/mol. The molecule has 0 unspecified atom stereocenters. The van der Waals surface area contributed by atoms with E-state index in [2.05, 4.69) is 0 Å². The molecule has 0 heterocycles. The second kappa shape index (κ2) is 7.90. The summed E-state index contributed by atoms with van der Waals surface area (Å²) in [5, 5.41) is 26.9. The molecule has 0 rings (SSSR count). The van der Waals surface area contributed by atoms with E-state index in [1.807, 2.05) is 5.59 Å². The maximum Gasteiger partial charge on any atom is 0.0573 e. The zero-order valence-electron chi connectivity index (χ0n) is 6.53. The number of hydrogen-bond acceptors (Lipinski definition) is 5. The molecular weight excluding hydrogens is 148 g/mol. The van der Waals surface area contributed by atoms with Gasteiger partial charge in [0.2, 0.25) is 0 Å². The van der Waals surface area contributed by atoms with Gasteiger partial charge in [-0.1, -0.05) is 0 Å². The summed E-state index contributed by atoms with van der Waals surface area (Å²) in [4.78, 5) is 0. The molecule has 68 valence electrons. The molecule has 11 heavy (non-hydrogen) atoms. The van der Waals surface area contributed by atoms with Gasteiger partial charge in [-0.2, -0.15) is 0 Å². The van der Waals surface area contributed by atoms with Crippen molar-refractivity contribution in [2.24, 2.45) is 0 Å². The number of rotatable bonds is 7. The van der Waals surface area contributed by atoms with E-state index in [1.165, 1.54) is 5.01 Å². The Hall–Kier alpha value is -0.200. The van der Waals surface area contributed by atoms with Crippen LogP contribution in [0.1, 0.15) is 12.8 Å². The lowest BCUT2D eigenvalue weighted by atomic mass is 10.3. The third-order valence-electron chi connectivity index (χ3n) is 1.35. The van der Waals surface area contributed by atoms with Gasteiger partial charge in [-0.3, -0.25) is 0 Å². The van der Waals surface area contributed by atoms with Crippen LogP contribution >= 0.6 is 0 Å². The maximum atomic E-state index is 8.48. The summed E-state index contributed by atoms with van der Waals surface area (Å²) in [5.41, 5.74) is 1.95. The smallest absolute Gasteiger partial charge is 0.0573 e. The summed E-state index contributed by atoms with van der Waals surface area (Å²) in [6.45, 7) is 1.19. The van der Waals surface area contributed by atoms with Gasteiger partial charge in [0, 0.05) is 19.7 Å². The number of nitrogens with one attached hydrogen (secondary N) is 1. The Morgan fingerprint density at radius 2 is 1.73 bits per heavy atom. The quantitative estimate of drug-likeness (QED) is 0.285. The largest absolute Gasteiger partial charge is 0.396 e. The van der Waals surface area contributed by atoms with E-state index in [9.17, 15) is 0 Å². The molecule has 0 aromatic carbocycles. The average molecular weight is 164 g/mol. The minimum atomic E-state index is 0.00663. The Morgan fingerprint density at radius 3 is 2.18 bits per heavy atom. The van der Waals surface area contributed by atoms with Gasteiger partial charge in [-0.15, -0.1) is 5.59 Å². The minimum Gasteiger partial charge on any atom is -0.396 e. The number of unbranched alkanes of at least 4 members (excludes halogenated alkanes) is 1. The minimum absolute atomic E-state index is 0.00663. The van der Waals surface area contributed by atoms with Crippen LogP contribution in [-0.4, -0.2) is 46.7 Å². The first kappa shape index (κ1) is 10.8. The van der Waals surface area contributed by atoms with Crippen molar-refractivity contribution in [3.63, 3.8) is 0 Å². The first-order valence-corrected chi connectivity index (χ1v) is 3.71. The Labute approximate surface area is 66.2 Å². The van der Waals surface area contributed by atoms with Crippen LogP contribution in [0.4, 0.5) is 0 Å². The molecule has 0 radical (unpaired) electrons. The van der Waals surface area contributed by atoms with Crippen LogP contribution in [0.25, 0.3) is 0 Å². The fourth-order valence-corrected chi connectivity index (χ4v) is 0.747. The van der Waals surface area contributed by atoms with Crippen LogP contribution in [-0.2, 0) is 0 Å². The normalized spacial score (nSPS) is 10.9. The highest BCUT2D eigenvalue weighted by Crippen LogP contribution is 1.90. The summed E-state index contributed by atoms with van der Waals surface area (Å²) in [6, 6.07) is 0. The molecule has 0 aliphatic carbocycles. The van der Waals surface area contributed by atoms with Gasteiger partial charge in [0.1, 0.15) is 0 Å². The fraction of sp³-hybridized carbons (Fsp3) is 1.00. The van der Waals surface area contributed by atoms with Gasteiger partial charge in [-0.05, 0) is 12.8 Å². The second-order valence-corrected chi connectivity index (χ2v) is 2.24. The third kappa shape index (κ3) is 6.21. The van der Waals surface area contributed by atoms with E-state index in [0.717, 1.165) is 6.42 Å². The Bertz CT molecular complexity index is 82.2. The van der Waals surface area contributed by atoms with Crippen LogP contribution in [0.3, 0.4) is 0 Å². The Kier molecular flexibility index (Phi) is 7.76. The van der Waals surface area contributed by atoms with Crippen molar-refractivity contribution >= 4 is 0 Å². The van der Waals surface area contributed by atoms with Crippen LogP contribution in [0.5, 0.6) is 0 Å². The first-order chi connectivity index (χ1) is 5.35. The molecule has 0 aromatic rings. The third-order valence-corrected chi connectivity index (χ3v) is 1.35. The van der Waals surface area contributed by atoms with E-state index >= 15 is 0 Å². The van der Waals surface area contributed by atoms with Crippen LogP contribution in [0, 0.1) is 0 Å². The lowest BCUT2D eigenvalue weighted by Crippen LogP contribution is -2.38. The number of hydrazine groups is 1. The van der Waals surface area contributed by atoms with Crippen LogP contribution in [0.15, 0.2) is 0 Å². The highest BCUT2D eigenvalue weighted by molar-refractivity contribution is 4.47. The molecule has 0 aromatic heterocycles. The lowest BCUT2D eigenvalue weighted by molar-refractivity contribution is -0.0293. The zero-order chi connectivity index (χ0) is 8.53. The van der Waals surface area contributed by atoms with E-state index in [1.54, 1.807) is 0 Å². The molecule has 0 atom stereocenters. The summed E-state index contributed by atoms with van der Waals surface area (Å²) < 4.78 is 0. The monoisotopic (exact) mass is 164 g/mol. The van der Waals surface area contributed by atoms with Crippen molar-refractivity contribution in [2.45, 2.75) is 12.8 Å². The second-order valence-electron chi connectivity index (χ2n) is 2.24. The van der Waals surface area contributed by atoms with E-state index in [4.69, 9.17) is 15.4 Å². The van der Waals surface area contributed by atoms with Gasteiger partial charge in [0.25, 0.3) is 0 Å². The van der Waals surface area contributed by atoms with Gasteiger partial charge in [0.15, 0.2) is 0 Å². The van der Waals surface area contributed by atoms with E-state index in [-0.39, 0.29) is 13.2 Å². The zero-order valence-corrected chi connectivity index (χ0v) is 6.53. The SMILES string of the molecule is OCCCCN(CCO)NO. The van der Waals surface area contributed by atoms with Gasteiger partial charge >= 0.3 is 0 Å². The maximum absolute atomic E-state index is 8.48. The highest BCUT2D eigenvalue weighted by Gasteiger charge is 1.99. The van der Waals surface area contributed by atoms with Crippen molar-refractivity contribution in [1.29, 1.82) is 0 Å². The molecule has 5 heteroatoms. The number of aliphatic hydroxyl groups excluding tert-OH is 2. The van der Waals surface area contributed by atoms with Gasteiger partial charge in [0.05, 0.1) is 6.61 Å². The van der Waals surface area contributed by atoms with Gasteiger partial charge < -0.3 is 15.4 Å². The predicted octanol–water partition coefficient (Wildman–Crippen LogP) is -1.05. The van der Waals surface area contributed by atoms with Crippen molar-refractivity contribution in [3.05, 3.63) is 0 Å². The Balaban J connectivity index is 3.20. The number of nitrogens with zero attached hydrogens (tertiary/aromatic N) is 1. The number of aliphatic hydroxyl groups is 2. The molecule has 4 N–H and O–H groups in total. The highest BCUT2D eigenvalue weighted by atomic mass is 16.5. The van der Waals surface area contributed by atoms with Crippen molar-refractivity contribution in [2.75, 3.05) is 26.3 Å². The molecule has 0 bridgehead atoms. The molecule has 5 nitrogen and oxygen atoms in total. The van der Waals surface area contributed by atoms with Gasteiger partial charge in [-0.25, -0.2) is 5.01 Å². The molecule has 0 aliphatic heterocycles. The standard InChI is InChI=1S/C6H16N2O3/c9-5-2-1-3-8(7-11)4-6-10/h7,9-11H,1-6H2. The molecule has 0 fully saturated rings. The Morgan fingerprint density at radius 1 is 1.00 bits per heavy atom. The molecule has 0 saturated carbocycles. The topological polar surface area (TPSA) is 76.0 Å². The molecule has 0 aliphatic rings. The average Bonchev–Trinajstić information content (AvgIpc) is 2.03. The summed E-state index contributed by atoms with van der Waals surface area (Å²) in [5.74, 6) is 0. The van der Waals surface area contributed by atoms with Crippen molar-refractivity contribution in [1.82, 2.24) is 10.6 Å². The molecular formula is C6H16N2O3. The fourth-order valence-electron chi connectivity index (χ4n) is 0.747. The van der Waals surface area contributed by atoms with Crippen molar-refractivity contribution < 1.29 is 15.4 Å². The first-order valence-electron chi connectivity index (χ1n) is 3.71. The van der Waals surface area contributed by atoms with Crippen LogP contribution in [0.2, 0.25) is 0 Å². The van der Waals surface area contributed by atoms with E-state index in [0.29, 0.717) is 19.5 Å². The molecule has 0 saturated heterocycles. The molecule has 0 spiro atoms. The van der Waals surface area contributed by atoms with Crippen LogP contribution < -0.4 is 5.59 Å².